The molecular formula is C18H24N2O4S. The maximum atomic E-state index is 12.5. The Bertz CT molecular complexity index is 846. The zero-order chi connectivity index (χ0) is 18.8. The number of carbonyl (C=O) groups excluding carboxylic acids is 1. The van der Waals surface area contributed by atoms with E-state index in [0.29, 0.717) is 11.3 Å². The summed E-state index contributed by atoms with van der Waals surface area (Å²) < 4.78 is 29.9. The molecule has 0 fully saturated rings. The topological polar surface area (TPSA) is 89.3 Å². The summed E-state index contributed by atoms with van der Waals surface area (Å²) in [7, 11) is -3.64. The van der Waals surface area contributed by atoms with Crippen LogP contribution in [0.1, 0.15) is 44.6 Å². The Labute approximate surface area is 148 Å². The number of benzene rings is 1. The first-order valence-electron chi connectivity index (χ1n) is 8.04. The number of hydrogen-bond acceptors (Lipinski definition) is 5. The van der Waals surface area contributed by atoms with Crippen molar-refractivity contribution < 1.29 is 17.7 Å². The van der Waals surface area contributed by atoms with Gasteiger partial charge in [0.25, 0.3) is 0 Å². The highest BCUT2D eigenvalue weighted by atomic mass is 32.2. The van der Waals surface area contributed by atoms with Gasteiger partial charge in [0.05, 0.1) is 5.75 Å². The number of nitrogens with one attached hydrogen (secondary N) is 1. The monoisotopic (exact) mass is 364 g/mol. The van der Waals surface area contributed by atoms with E-state index in [4.69, 9.17) is 4.52 Å². The first-order chi connectivity index (χ1) is 11.5. The molecule has 0 radical (unpaired) electrons. The van der Waals surface area contributed by atoms with E-state index in [1.165, 1.54) is 13.0 Å². The molecule has 1 amide bonds. The molecule has 0 aliphatic heterocycles. The number of carbonyl (C=O) groups is 1. The average Bonchev–Trinajstić information content (AvgIpc) is 2.90. The quantitative estimate of drug-likeness (QED) is 0.880. The van der Waals surface area contributed by atoms with E-state index in [-0.39, 0.29) is 17.0 Å². The van der Waals surface area contributed by atoms with Gasteiger partial charge in [0.2, 0.25) is 5.91 Å². The lowest BCUT2D eigenvalue weighted by Crippen LogP contribution is -2.33. The minimum absolute atomic E-state index is 0.000305. The van der Waals surface area contributed by atoms with Crippen molar-refractivity contribution in [3.8, 4) is 0 Å². The predicted molar refractivity (Wildman–Crippen MR) is 97.1 cm³/mol. The Morgan fingerprint density at radius 3 is 2.32 bits per heavy atom. The summed E-state index contributed by atoms with van der Waals surface area (Å²) in [6.45, 7) is 9.34. The van der Waals surface area contributed by atoms with Crippen molar-refractivity contribution in [3.05, 3.63) is 47.2 Å². The summed E-state index contributed by atoms with van der Waals surface area (Å²) in [4.78, 5) is 12.2. The Kier molecular flexibility index (Phi) is 5.37. The van der Waals surface area contributed by atoms with Gasteiger partial charge in [0, 0.05) is 6.07 Å². The predicted octanol–water partition coefficient (Wildman–Crippen LogP) is 3.22. The molecule has 2 rings (SSSR count). The Hall–Kier alpha value is -2.15. The maximum Gasteiger partial charge on any atom is 0.243 e. The van der Waals surface area contributed by atoms with E-state index in [1.54, 1.807) is 19.1 Å². The van der Waals surface area contributed by atoms with Crippen molar-refractivity contribution in [2.24, 2.45) is 0 Å². The van der Waals surface area contributed by atoms with Crippen LogP contribution in [0.3, 0.4) is 0 Å². The lowest BCUT2D eigenvalue weighted by Gasteiger charge is -2.19. The fourth-order valence-corrected chi connectivity index (χ4v) is 3.57. The second-order valence-corrected chi connectivity index (χ2v) is 9.53. The maximum absolute atomic E-state index is 12.5. The lowest BCUT2D eigenvalue weighted by atomic mass is 9.87. The molecule has 1 atom stereocenters. The number of nitrogens with zero attached hydrogens (tertiary/aromatic N) is 1. The molecule has 1 aromatic carbocycles. The second-order valence-electron chi connectivity index (χ2n) is 7.21. The average molecular weight is 364 g/mol. The highest BCUT2D eigenvalue weighted by Gasteiger charge is 2.29. The normalized spacial score (nSPS) is 13.5. The highest BCUT2D eigenvalue weighted by molar-refractivity contribution is 7.92. The van der Waals surface area contributed by atoms with Crippen molar-refractivity contribution in [1.82, 2.24) is 5.16 Å². The summed E-state index contributed by atoms with van der Waals surface area (Å²) in [6.07, 6.45) is 0. The number of hydrogen-bond donors (Lipinski definition) is 1. The van der Waals surface area contributed by atoms with Crippen LogP contribution in [-0.2, 0) is 25.8 Å². The molecule has 7 heteroatoms. The molecule has 0 saturated carbocycles. The molecule has 0 unspecified atom stereocenters. The number of sulfone groups is 1. The van der Waals surface area contributed by atoms with Crippen LogP contribution in [0.5, 0.6) is 0 Å². The molecular weight excluding hydrogens is 340 g/mol. The van der Waals surface area contributed by atoms with Gasteiger partial charge in [-0.05, 0) is 30.4 Å². The van der Waals surface area contributed by atoms with Crippen molar-refractivity contribution >= 4 is 21.6 Å². The Balaban J connectivity index is 2.08. The van der Waals surface area contributed by atoms with Crippen LogP contribution >= 0.6 is 0 Å². The molecule has 1 aromatic heterocycles. The Morgan fingerprint density at radius 1 is 1.24 bits per heavy atom. The molecule has 25 heavy (non-hydrogen) atoms. The summed E-state index contributed by atoms with van der Waals surface area (Å²) in [5.41, 5.74) is 1.78. The third kappa shape index (κ3) is 4.92. The fraction of sp³-hybridized carbons (Fsp3) is 0.444. The van der Waals surface area contributed by atoms with E-state index in [1.807, 2.05) is 12.1 Å². The minimum Gasteiger partial charge on any atom is -0.360 e. The van der Waals surface area contributed by atoms with Gasteiger partial charge in [0.1, 0.15) is 11.0 Å². The second kappa shape index (κ2) is 7.00. The van der Waals surface area contributed by atoms with Crippen LogP contribution in [0, 0.1) is 6.92 Å². The van der Waals surface area contributed by atoms with Crippen molar-refractivity contribution in [2.75, 3.05) is 5.32 Å². The van der Waals surface area contributed by atoms with E-state index in [0.717, 1.165) is 5.56 Å². The number of aromatic nitrogens is 1. The van der Waals surface area contributed by atoms with Gasteiger partial charge in [0.15, 0.2) is 15.7 Å². The molecule has 0 spiro atoms. The third-order valence-electron chi connectivity index (χ3n) is 3.97. The largest absolute Gasteiger partial charge is 0.360 e. The molecule has 136 valence electrons. The number of anilines is 1. The summed E-state index contributed by atoms with van der Waals surface area (Å²) in [5.74, 6) is -0.0763. The van der Waals surface area contributed by atoms with E-state index in [9.17, 15) is 13.2 Å². The van der Waals surface area contributed by atoms with Crippen LogP contribution in [0.4, 0.5) is 5.82 Å². The van der Waals surface area contributed by atoms with Crippen molar-refractivity contribution in [3.63, 3.8) is 0 Å². The van der Waals surface area contributed by atoms with Gasteiger partial charge in [-0.25, -0.2) is 8.42 Å². The smallest absolute Gasteiger partial charge is 0.243 e. The summed E-state index contributed by atoms with van der Waals surface area (Å²) in [5, 5.41) is 4.91. The highest BCUT2D eigenvalue weighted by Crippen LogP contribution is 2.23. The molecule has 0 aliphatic rings. The van der Waals surface area contributed by atoms with Crippen LogP contribution in [0.2, 0.25) is 0 Å². The zero-order valence-corrected chi connectivity index (χ0v) is 16.0. The summed E-state index contributed by atoms with van der Waals surface area (Å²) in [6, 6.07) is 8.97. The van der Waals surface area contributed by atoms with Gasteiger partial charge < -0.3 is 9.84 Å². The zero-order valence-electron chi connectivity index (χ0n) is 15.2. The minimum atomic E-state index is -3.64. The van der Waals surface area contributed by atoms with Gasteiger partial charge in [-0.15, -0.1) is 0 Å². The molecule has 2 aromatic rings. The Morgan fingerprint density at radius 2 is 1.84 bits per heavy atom. The van der Waals surface area contributed by atoms with Crippen molar-refractivity contribution in [2.45, 2.75) is 51.0 Å². The van der Waals surface area contributed by atoms with Gasteiger partial charge in [-0.3, -0.25) is 4.79 Å². The number of rotatable bonds is 5. The van der Waals surface area contributed by atoms with Crippen LogP contribution in [0.15, 0.2) is 34.9 Å². The molecule has 0 bridgehead atoms. The number of aryl methyl sites for hydroxylation is 1. The van der Waals surface area contributed by atoms with Crippen molar-refractivity contribution in [1.29, 1.82) is 0 Å². The summed E-state index contributed by atoms with van der Waals surface area (Å²) >= 11 is 0. The lowest BCUT2D eigenvalue weighted by molar-refractivity contribution is -0.115. The van der Waals surface area contributed by atoms with Crippen LogP contribution < -0.4 is 5.32 Å². The molecule has 6 nitrogen and oxygen atoms in total. The molecule has 0 saturated heterocycles. The van der Waals surface area contributed by atoms with Gasteiger partial charge in [-0.1, -0.05) is 50.2 Å². The first-order valence-corrected chi connectivity index (χ1v) is 9.76. The SMILES string of the molecule is Cc1cc(NC(=O)[C@H](C)S(=O)(=O)Cc2ccc(C(C)(C)C)cc2)no1. The molecule has 1 N–H and O–H groups in total. The van der Waals surface area contributed by atoms with E-state index >= 15 is 0 Å². The van der Waals surface area contributed by atoms with Crippen LogP contribution in [0.25, 0.3) is 0 Å². The fourth-order valence-electron chi connectivity index (χ4n) is 2.27. The third-order valence-corrected chi connectivity index (χ3v) is 6.00. The van der Waals surface area contributed by atoms with E-state index < -0.39 is 21.0 Å². The molecule has 0 aliphatic carbocycles. The first kappa shape index (κ1) is 19.2. The van der Waals surface area contributed by atoms with Crippen LogP contribution in [-0.4, -0.2) is 24.7 Å². The standard InChI is InChI=1S/C18H24N2O4S/c1-12-10-16(20-24-12)19-17(21)13(2)25(22,23)11-14-6-8-15(9-7-14)18(3,4)5/h6-10,13H,11H2,1-5H3,(H,19,20,21)/t13-/m0/s1. The number of amides is 1. The van der Waals surface area contributed by atoms with E-state index in [2.05, 4.69) is 31.2 Å². The molecule has 1 heterocycles. The van der Waals surface area contributed by atoms with Gasteiger partial charge >= 0.3 is 0 Å². The van der Waals surface area contributed by atoms with Gasteiger partial charge in [-0.2, -0.15) is 0 Å².